The molecule has 1 amide bonds. The summed E-state index contributed by atoms with van der Waals surface area (Å²) in [5, 5.41) is 3.47. The molecule has 1 saturated heterocycles. The number of hydrogen-bond donors (Lipinski definition) is 1. The standard InChI is InChI=1S/C15H25N3O2S/c1-11-13(21-10-17-11)8-16-7-12-5-6-18(9-12)14(19)20-15(2,3)4/h10,12,16H,5-9H2,1-4H3/t12-/m0/s1. The fraction of sp³-hybridized carbons (Fsp3) is 0.733. The molecule has 1 aliphatic rings. The molecule has 1 fully saturated rings. The van der Waals surface area contributed by atoms with Crippen LogP contribution in [0.2, 0.25) is 0 Å². The van der Waals surface area contributed by atoms with Gasteiger partial charge in [-0.3, -0.25) is 0 Å². The summed E-state index contributed by atoms with van der Waals surface area (Å²) in [7, 11) is 0. The number of amides is 1. The average molecular weight is 311 g/mol. The van der Waals surface area contributed by atoms with Crippen molar-refractivity contribution < 1.29 is 9.53 Å². The van der Waals surface area contributed by atoms with Crippen molar-refractivity contribution in [1.82, 2.24) is 15.2 Å². The Labute approximate surface area is 130 Å². The van der Waals surface area contributed by atoms with E-state index >= 15 is 0 Å². The number of carbonyl (C=O) groups excluding carboxylic acids is 1. The highest BCUT2D eigenvalue weighted by Gasteiger charge is 2.29. The molecule has 5 nitrogen and oxygen atoms in total. The summed E-state index contributed by atoms with van der Waals surface area (Å²) >= 11 is 1.69. The second-order valence-corrected chi connectivity index (χ2v) is 7.51. The summed E-state index contributed by atoms with van der Waals surface area (Å²) in [4.78, 5) is 19.3. The van der Waals surface area contributed by atoms with Gasteiger partial charge in [-0.25, -0.2) is 9.78 Å². The summed E-state index contributed by atoms with van der Waals surface area (Å²) in [6.45, 7) is 11.1. The summed E-state index contributed by atoms with van der Waals surface area (Å²) in [6.07, 6.45) is 0.844. The number of likely N-dealkylation sites (tertiary alicyclic amines) is 1. The van der Waals surface area contributed by atoms with Crippen LogP contribution in [0.25, 0.3) is 0 Å². The third-order valence-corrected chi connectivity index (χ3v) is 4.44. The average Bonchev–Trinajstić information content (AvgIpc) is 2.97. The van der Waals surface area contributed by atoms with E-state index in [1.54, 1.807) is 11.3 Å². The molecule has 1 aromatic rings. The van der Waals surface area contributed by atoms with Crippen molar-refractivity contribution in [1.29, 1.82) is 0 Å². The first-order valence-corrected chi connectivity index (χ1v) is 8.31. The molecule has 1 aliphatic heterocycles. The van der Waals surface area contributed by atoms with Crippen molar-refractivity contribution >= 4 is 17.4 Å². The Balaban J connectivity index is 1.70. The van der Waals surface area contributed by atoms with Crippen LogP contribution in [0.4, 0.5) is 4.79 Å². The maximum atomic E-state index is 12.0. The van der Waals surface area contributed by atoms with Gasteiger partial charge in [0.25, 0.3) is 0 Å². The number of thiazole rings is 1. The van der Waals surface area contributed by atoms with E-state index in [9.17, 15) is 4.79 Å². The molecule has 0 aromatic carbocycles. The lowest BCUT2D eigenvalue weighted by molar-refractivity contribution is 0.0288. The van der Waals surface area contributed by atoms with Crippen LogP contribution in [0.3, 0.4) is 0 Å². The van der Waals surface area contributed by atoms with Gasteiger partial charge in [-0.15, -0.1) is 11.3 Å². The van der Waals surface area contributed by atoms with Crippen LogP contribution in [0.5, 0.6) is 0 Å². The minimum absolute atomic E-state index is 0.191. The summed E-state index contributed by atoms with van der Waals surface area (Å²) in [5.74, 6) is 0.505. The molecule has 2 heterocycles. The van der Waals surface area contributed by atoms with Crippen LogP contribution in [0.1, 0.15) is 37.8 Å². The molecule has 118 valence electrons. The zero-order valence-electron chi connectivity index (χ0n) is 13.3. The Morgan fingerprint density at radius 1 is 1.57 bits per heavy atom. The number of nitrogens with one attached hydrogen (secondary N) is 1. The third-order valence-electron chi connectivity index (χ3n) is 3.50. The fourth-order valence-corrected chi connectivity index (χ4v) is 3.12. The van der Waals surface area contributed by atoms with Gasteiger partial charge in [0.2, 0.25) is 0 Å². The van der Waals surface area contributed by atoms with Crippen LogP contribution >= 0.6 is 11.3 Å². The van der Waals surface area contributed by atoms with Crippen LogP contribution in [-0.2, 0) is 11.3 Å². The normalized spacial score (nSPS) is 19.0. The summed E-state index contributed by atoms with van der Waals surface area (Å²) < 4.78 is 5.41. The Morgan fingerprint density at radius 3 is 2.95 bits per heavy atom. The molecule has 0 radical (unpaired) electrons. The predicted octanol–water partition coefficient (Wildman–Crippen LogP) is 2.80. The number of nitrogens with zero attached hydrogens (tertiary/aromatic N) is 2. The van der Waals surface area contributed by atoms with Gasteiger partial charge in [0.1, 0.15) is 5.60 Å². The van der Waals surface area contributed by atoms with Gasteiger partial charge in [0.05, 0.1) is 11.2 Å². The van der Waals surface area contributed by atoms with E-state index in [4.69, 9.17) is 4.74 Å². The molecular formula is C15H25N3O2S. The molecule has 1 atom stereocenters. The highest BCUT2D eigenvalue weighted by molar-refractivity contribution is 7.09. The lowest BCUT2D eigenvalue weighted by Crippen LogP contribution is -2.36. The van der Waals surface area contributed by atoms with Crippen molar-refractivity contribution in [3.63, 3.8) is 0 Å². The van der Waals surface area contributed by atoms with E-state index in [0.29, 0.717) is 5.92 Å². The predicted molar refractivity (Wildman–Crippen MR) is 84.5 cm³/mol. The third kappa shape index (κ3) is 4.97. The molecular weight excluding hydrogens is 286 g/mol. The largest absolute Gasteiger partial charge is 0.444 e. The van der Waals surface area contributed by atoms with Gasteiger partial charge in [-0.05, 0) is 40.0 Å². The second-order valence-electron chi connectivity index (χ2n) is 6.57. The van der Waals surface area contributed by atoms with Crippen molar-refractivity contribution in [2.75, 3.05) is 19.6 Å². The van der Waals surface area contributed by atoms with Crippen LogP contribution in [0.15, 0.2) is 5.51 Å². The number of aryl methyl sites for hydroxylation is 1. The van der Waals surface area contributed by atoms with E-state index in [2.05, 4.69) is 10.3 Å². The number of rotatable bonds is 4. The number of hydrogen-bond acceptors (Lipinski definition) is 5. The van der Waals surface area contributed by atoms with E-state index < -0.39 is 5.60 Å². The Bertz CT molecular complexity index is 482. The molecule has 21 heavy (non-hydrogen) atoms. The van der Waals surface area contributed by atoms with Crippen LogP contribution in [0, 0.1) is 12.8 Å². The maximum Gasteiger partial charge on any atom is 0.410 e. The van der Waals surface area contributed by atoms with Crippen molar-refractivity contribution in [3.8, 4) is 0 Å². The number of ether oxygens (including phenoxy) is 1. The monoisotopic (exact) mass is 311 g/mol. The molecule has 0 saturated carbocycles. The van der Waals surface area contributed by atoms with E-state index in [1.165, 1.54) is 4.88 Å². The minimum atomic E-state index is -0.420. The van der Waals surface area contributed by atoms with Crippen molar-refractivity contribution in [2.24, 2.45) is 5.92 Å². The van der Waals surface area contributed by atoms with Crippen LogP contribution in [-0.4, -0.2) is 41.2 Å². The fourth-order valence-electron chi connectivity index (χ4n) is 2.38. The van der Waals surface area contributed by atoms with Gasteiger partial charge in [-0.1, -0.05) is 0 Å². The van der Waals surface area contributed by atoms with Gasteiger partial charge in [0.15, 0.2) is 0 Å². The highest BCUT2D eigenvalue weighted by atomic mass is 32.1. The molecule has 0 spiro atoms. The van der Waals surface area contributed by atoms with Crippen molar-refractivity contribution in [2.45, 2.75) is 46.3 Å². The smallest absolute Gasteiger partial charge is 0.410 e. The SMILES string of the molecule is Cc1ncsc1CNC[C@@H]1CCN(C(=O)OC(C)(C)C)C1. The maximum absolute atomic E-state index is 12.0. The number of carbonyl (C=O) groups is 1. The Hall–Kier alpha value is -1.14. The second kappa shape index (κ2) is 6.75. The topological polar surface area (TPSA) is 54.5 Å². The van der Waals surface area contributed by atoms with Gasteiger partial charge in [-0.2, -0.15) is 0 Å². The van der Waals surface area contributed by atoms with Gasteiger partial charge >= 0.3 is 6.09 Å². The molecule has 0 unspecified atom stereocenters. The molecule has 0 bridgehead atoms. The van der Waals surface area contributed by atoms with Crippen molar-refractivity contribution in [3.05, 3.63) is 16.1 Å². The van der Waals surface area contributed by atoms with Gasteiger partial charge in [0, 0.05) is 31.1 Å². The molecule has 1 aromatic heterocycles. The first kappa shape index (κ1) is 16.2. The number of aromatic nitrogens is 1. The lowest BCUT2D eigenvalue weighted by Gasteiger charge is -2.24. The molecule has 0 aliphatic carbocycles. The quantitative estimate of drug-likeness (QED) is 0.929. The Morgan fingerprint density at radius 2 is 2.33 bits per heavy atom. The first-order valence-electron chi connectivity index (χ1n) is 7.43. The van der Waals surface area contributed by atoms with E-state index in [1.807, 2.05) is 38.1 Å². The van der Waals surface area contributed by atoms with Gasteiger partial charge < -0.3 is 15.0 Å². The Kier molecular flexibility index (Phi) is 5.22. The first-order chi connectivity index (χ1) is 9.85. The lowest BCUT2D eigenvalue weighted by atomic mass is 10.1. The zero-order valence-corrected chi connectivity index (χ0v) is 14.1. The minimum Gasteiger partial charge on any atom is -0.444 e. The summed E-state index contributed by atoms with van der Waals surface area (Å²) in [6, 6.07) is 0. The zero-order chi connectivity index (χ0) is 15.5. The van der Waals surface area contributed by atoms with E-state index in [0.717, 1.165) is 38.3 Å². The summed E-state index contributed by atoms with van der Waals surface area (Å²) in [5.41, 5.74) is 2.57. The molecule has 2 rings (SSSR count). The van der Waals surface area contributed by atoms with Crippen LogP contribution < -0.4 is 5.32 Å². The molecule has 1 N–H and O–H groups in total. The molecule has 6 heteroatoms. The van der Waals surface area contributed by atoms with E-state index in [-0.39, 0.29) is 6.09 Å². The highest BCUT2D eigenvalue weighted by Crippen LogP contribution is 2.19.